The van der Waals surface area contributed by atoms with Crippen LogP contribution in [0.5, 0.6) is 0 Å². The molecular weight excluding hydrogens is 197 g/mol. The normalized spacial score (nSPS) is 14.4. The van der Waals surface area contributed by atoms with E-state index in [4.69, 9.17) is 4.74 Å². The monoisotopic (exact) mass is 214 g/mol. The molecule has 1 unspecified atom stereocenters. The summed E-state index contributed by atoms with van der Waals surface area (Å²) in [6, 6.07) is 0. The fraction of sp³-hybridized carbons (Fsp3) is 1.00. The Bertz CT molecular complexity index is 137. The van der Waals surface area contributed by atoms with Crippen molar-refractivity contribution < 1.29 is 23.0 Å². The van der Waals surface area contributed by atoms with Crippen LogP contribution in [-0.4, -0.2) is 31.1 Å². The van der Waals surface area contributed by atoms with Crippen LogP contribution in [-0.2, 0) is 4.74 Å². The van der Waals surface area contributed by atoms with Gasteiger partial charge in [0.15, 0.2) is 0 Å². The number of ether oxygens (including phenoxy) is 1. The van der Waals surface area contributed by atoms with Crippen molar-refractivity contribution in [2.75, 3.05) is 13.7 Å². The molecule has 0 bridgehead atoms. The molecule has 1 atom stereocenters. The van der Waals surface area contributed by atoms with Crippen molar-refractivity contribution in [1.82, 2.24) is 0 Å². The van der Waals surface area contributed by atoms with Crippen LogP contribution in [0, 0.1) is 0 Å². The SMILES string of the molecule is COCCCC(O)CCCC(F)(F)F. The lowest BCUT2D eigenvalue weighted by Gasteiger charge is -2.10. The molecule has 0 fully saturated rings. The number of hydrogen-bond acceptors (Lipinski definition) is 2. The Hall–Kier alpha value is -0.290. The van der Waals surface area contributed by atoms with E-state index < -0.39 is 18.7 Å². The van der Waals surface area contributed by atoms with E-state index in [0.29, 0.717) is 19.4 Å². The number of alkyl halides is 3. The number of aliphatic hydroxyl groups excluding tert-OH is 1. The molecule has 2 nitrogen and oxygen atoms in total. The van der Waals surface area contributed by atoms with E-state index in [9.17, 15) is 18.3 Å². The van der Waals surface area contributed by atoms with Crippen LogP contribution in [0.4, 0.5) is 13.2 Å². The first kappa shape index (κ1) is 13.7. The minimum Gasteiger partial charge on any atom is -0.393 e. The van der Waals surface area contributed by atoms with Crippen LogP contribution >= 0.6 is 0 Å². The number of halogens is 3. The Kier molecular flexibility index (Phi) is 6.92. The molecule has 0 saturated heterocycles. The van der Waals surface area contributed by atoms with Crippen LogP contribution in [0.3, 0.4) is 0 Å². The van der Waals surface area contributed by atoms with Crippen molar-refractivity contribution >= 4 is 0 Å². The molecule has 0 saturated carbocycles. The van der Waals surface area contributed by atoms with Gasteiger partial charge in [0, 0.05) is 20.1 Å². The first-order valence-corrected chi connectivity index (χ1v) is 4.69. The summed E-state index contributed by atoms with van der Waals surface area (Å²) in [5.74, 6) is 0. The molecule has 0 radical (unpaired) electrons. The van der Waals surface area contributed by atoms with E-state index in [1.54, 1.807) is 7.11 Å². The fourth-order valence-corrected chi connectivity index (χ4v) is 1.15. The smallest absolute Gasteiger partial charge is 0.389 e. The number of methoxy groups -OCH3 is 1. The molecule has 14 heavy (non-hydrogen) atoms. The van der Waals surface area contributed by atoms with E-state index in [1.165, 1.54) is 0 Å². The first-order valence-electron chi connectivity index (χ1n) is 4.69. The van der Waals surface area contributed by atoms with E-state index in [-0.39, 0.29) is 12.8 Å². The van der Waals surface area contributed by atoms with Gasteiger partial charge in [0.1, 0.15) is 0 Å². The lowest BCUT2D eigenvalue weighted by molar-refractivity contribution is -0.136. The zero-order valence-electron chi connectivity index (χ0n) is 8.31. The van der Waals surface area contributed by atoms with Gasteiger partial charge in [-0.25, -0.2) is 0 Å². The first-order chi connectivity index (χ1) is 6.45. The van der Waals surface area contributed by atoms with Crippen molar-refractivity contribution in [2.24, 2.45) is 0 Å². The van der Waals surface area contributed by atoms with Crippen LogP contribution in [0.1, 0.15) is 32.1 Å². The van der Waals surface area contributed by atoms with E-state index in [1.807, 2.05) is 0 Å². The van der Waals surface area contributed by atoms with Crippen LogP contribution in [0.25, 0.3) is 0 Å². The quantitative estimate of drug-likeness (QED) is 0.660. The van der Waals surface area contributed by atoms with Gasteiger partial charge in [0.05, 0.1) is 6.10 Å². The van der Waals surface area contributed by atoms with Gasteiger partial charge < -0.3 is 9.84 Å². The molecule has 0 aliphatic rings. The second-order valence-electron chi connectivity index (χ2n) is 3.30. The summed E-state index contributed by atoms with van der Waals surface area (Å²) >= 11 is 0. The summed E-state index contributed by atoms with van der Waals surface area (Å²) in [4.78, 5) is 0. The standard InChI is InChI=1S/C9H17F3O2/c1-14-7-3-5-8(13)4-2-6-9(10,11)12/h8,13H,2-7H2,1H3. The molecule has 0 heterocycles. The van der Waals surface area contributed by atoms with Gasteiger partial charge in [0.2, 0.25) is 0 Å². The third-order valence-electron chi connectivity index (χ3n) is 1.88. The predicted octanol–water partition coefficient (Wildman–Crippen LogP) is 2.51. The number of hydrogen-bond donors (Lipinski definition) is 1. The zero-order chi connectivity index (χ0) is 11.0. The molecule has 0 rings (SSSR count). The van der Waals surface area contributed by atoms with Crippen molar-refractivity contribution in [1.29, 1.82) is 0 Å². The highest BCUT2D eigenvalue weighted by Gasteiger charge is 2.26. The van der Waals surface area contributed by atoms with Gasteiger partial charge in [-0.1, -0.05) is 0 Å². The Morgan fingerprint density at radius 1 is 1.21 bits per heavy atom. The molecule has 1 N–H and O–H groups in total. The van der Waals surface area contributed by atoms with Gasteiger partial charge >= 0.3 is 6.18 Å². The highest BCUT2D eigenvalue weighted by Crippen LogP contribution is 2.23. The number of aliphatic hydroxyl groups is 1. The van der Waals surface area contributed by atoms with Crippen LogP contribution in [0.15, 0.2) is 0 Å². The minimum atomic E-state index is -4.10. The van der Waals surface area contributed by atoms with Gasteiger partial charge in [0.25, 0.3) is 0 Å². The molecule has 86 valence electrons. The minimum absolute atomic E-state index is 0.00233. The molecule has 0 aliphatic heterocycles. The van der Waals surface area contributed by atoms with Gasteiger partial charge in [-0.15, -0.1) is 0 Å². The molecule has 0 aromatic rings. The van der Waals surface area contributed by atoms with Crippen LogP contribution in [0.2, 0.25) is 0 Å². The molecule has 0 aliphatic carbocycles. The second kappa shape index (κ2) is 7.06. The van der Waals surface area contributed by atoms with Gasteiger partial charge in [-0.3, -0.25) is 0 Å². The maximum absolute atomic E-state index is 11.7. The third kappa shape index (κ3) is 9.80. The molecule has 0 aromatic carbocycles. The topological polar surface area (TPSA) is 29.5 Å². The summed E-state index contributed by atoms with van der Waals surface area (Å²) in [5.41, 5.74) is 0. The second-order valence-corrected chi connectivity index (χ2v) is 3.30. The Morgan fingerprint density at radius 2 is 1.79 bits per heavy atom. The lowest BCUT2D eigenvalue weighted by atomic mass is 10.1. The van der Waals surface area contributed by atoms with Crippen LogP contribution < -0.4 is 0 Å². The summed E-state index contributed by atoms with van der Waals surface area (Å²) in [6.07, 6.45) is -4.15. The van der Waals surface area contributed by atoms with Gasteiger partial charge in [-0.05, 0) is 25.7 Å². The fourth-order valence-electron chi connectivity index (χ4n) is 1.15. The van der Waals surface area contributed by atoms with E-state index in [2.05, 4.69) is 0 Å². The number of rotatable bonds is 7. The summed E-state index contributed by atoms with van der Waals surface area (Å²) in [7, 11) is 1.55. The van der Waals surface area contributed by atoms with E-state index in [0.717, 1.165) is 0 Å². The third-order valence-corrected chi connectivity index (χ3v) is 1.88. The Morgan fingerprint density at radius 3 is 2.29 bits per heavy atom. The van der Waals surface area contributed by atoms with Crippen molar-refractivity contribution in [3.63, 3.8) is 0 Å². The predicted molar refractivity (Wildman–Crippen MR) is 47.0 cm³/mol. The largest absolute Gasteiger partial charge is 0.393 e. The summed E-state index contributed by atoms with van der Waals surface area (Å²) in [5, 5.41) is 9.25. The Balaban J connectivity index is 3.31. The van der Waals surface area contributed by atoms with Gasteiger partial charge in [-0.2, -0.15) is 13.2 Å². The highest BCUT2D eigenvalue weighted by atomic mass is 19.4. The maximum Gasteiger partial charge on any atom is 0.389 e. The Labute approximate surface area is 82.1 Å². The van der Waals surface area contributed by atoms with Crippen molar-refractivity contribution in [2.45, 2.75) is 44.4 Å². The molecule has 0 aromatic heterocycles. The molecule has 5 heteroatoms. The zero-order valence-corrected chi connectivity index (χ0v) is 8.31. The average molecular weight is 214 g/mol. The molecule has 0 spiro atoms. The van der Waals surface area contributed by atoms with E-state index >= 15 is 0 Å². The summed E-state index contributed by atoms with van der Waals surface area (Å²) in [6.45, 7) is 0.538. The lowest BCUT2D eigenvalue weighted by Crippen LogP contribution is -2.11. The molecular formula is C9H17F3O2. The average Bonchev–Trinajstić information content (AvgIpc) is 2.02. The van der Waals surface area contributed by atoms with Crippen molar-refractivity contribution in [3.05, 3.63) is 0 Å². The summed E-state index contributed by atoms with van der Waals surface area (Å²) < 4.78 is 39.9. The molecule has 0 amide bonds. The van der Waals surface area contributed by atoms with Crippen molar-refractivity contribution in [3.8, 4) is 0 Å². The maximum atomic E-state index is 11.7. The highest BCUT2D eigenvalue weighted by molar-refractivity contribution is 4.58.